The number of hydrogen-bond donors (Lipinski definition) is 10. The minimum atomic E-state index is -1.33. The van der Waals surface area contributed by atoms with Gasteiger partial charge >= 0.3 is 0 Å². The molecule has 352 valence electrons. The topological polar surface area (TPSA) is 291 Å². The van der Waals surface area contributed by atoms with Crippen LogP contribution in [-0.4, -0.2) is 116 Å². The van der Waals surface area contributed by atoms with E-state index in [1.807, 2.05) is 38.1 Å². The molecule has 2 aromatic carbocycles. The number of ketones is 1. The van der Waals surface area contributed by atoms with Crippen LogP contribution in [0.25, 0.3) is 10.9 Å². The summed E-state index contributed by atoms with van der Waals surface area (Å²) in [7, 11) is 0. The van der Waals surface area contributed by atoms with Gasteiger partial charge in [0, 0.05) is 59.2 Å². The number of aliphatic hydroxyl groups excluding tert-OH is 1. The highest BCUT2D eigenvalue weighted by Crippen LogP contribution is 2.27. The van der Waals surface area contributed by atoms with Gasteiger partial charge in [-0.25, -0.2) is 4.98 Å². The second-order valence-corrected chi connectivity index (χ2v) is 17.8. The van der Waals surface area contributed by atoms with Gasteiger partial charge in [0.25, 0.3) is 0 Å². The number of carbonyl (C=O) groups is 7. The van der Waals surface area contributed by atoms with Gasteiger partial charge in [-0.3, -0.25) is 29.3 Å². The maximum atomic E-state index is 15.0. The van der Waals surface area contributed by atoms with Gasteiger partial charge < -0.3 is 56.8 Å². The number of carbonyl (C=O) groups excluding carboxylic acids is 7. The third kappa shape index (κ3) is 15.5. The maximum Gasteiger partial charge on any atom is 0.243 e. The number of aldehydes is 2. The van der Waals surface area contributed by atoms with Crippen LogP contribution in [0.5, 0.6) is 5.75 Å². The number of hydrogen-bond acceptors (Lipinski definition) is 12. The first-order chi connectivity index (χ1) is 30.8. The van der Waals surface area contributed by atoms with Crippen LogP contribution in [0.4, 0.5) is 0 Å². The fourth-order valence-electron chi connectivity index (χ4n) is 8.21. The molecule has 4 rings (SSSR count). The number of nitrogens with zero attached hydrogens (tertiary/aromatic N) is 1. The predicted octanol–water partition coefficient (Wildman–Crippen LogP) is 1.69. The standard InChI is InChI=1S/C47H65N9O9/c1-27(2)15-33(24-57)42(43(62)38(16-31-11-13-35(60)14-12-31)55-46(65)40(54-41(61)21-48)18-34-23-49-26-51-34)53-30(5)44(63)56-39(17-32-22-50-37-10-8-7-9-36(32)37)45(64)52-28(3)19-47(6,25-58)20-29(4)59/h7-14,22-30,33,38-40,42,50,53,59-60H,15-21,48H2,1-6H3,(H,49,51)(H,52,64)(H,54,61)(H,55,65)(H,56,63). The first kappa shape index (κ1) is 51.4. The number of nitrogens with two attached hydrogens (primary N) is 1. The van der Waals surface area contributed by atoms with Crippen LogP contribution in [0.2, 0.25) is 0 Å². The lowest BCUT2D eigenvalue weighted by atomic mass is 9.80. The minimum Gasteiger partial charge on any atom is -0.508 e. The molecule has 9 unspecified atom stereocenters. The number of rotatable bonds is 27. The van der Waals surface area contributed by atoms with Gasteiger partial charge in [0.1, 0.15) is 30.4 Å². The summed E-state index contributed by atoms with van der Waals surface area (Å²) in [4.78, 5) is 105. The number of benzene rings is 2. The van der Waals surface area contributed by atoms with Crippen molar-refractivity contribution in [1.82, 2.24) is 41.5 Å². The Morgan fingerprint density at radius 2 is 1.48 bits per heavy atom. The third-order valence-electron chi connectivity index (χ3n) is 11.3. The normalized spacial score (nSPS) is 16.1. The molecule has 0 spiro atoms. The molecular formula is C47H65N9O9. The van der Waals surface area contributed by atoms with Crippen LogP contribution in [0.15, 0.2) is 67.3 Å². The van der Waals surface area contributed by atoms with E-state index in [-0.39, 0.29) is 50.2 Å². The number of aromatic nitrogens is 3. The molecule has 0 aliphatic carbocycles. The van der Waals surface area contributed by atoms with E-state index in [9.17, 15) is 43.8 Å². The largest absolute Gasteiger partial charge is 0.508 e. The molecule has 18 nitrogen and oxygen atoms in total. The lowest BCUT2D eigenvalue weighted by Gasteiger charge is -2.32. The number of aromatic amines is 2. The fourth-order valence-corrected chi connectivity index (χ4v) is 8.21. The molecule has 4 aromatic rings. The van der Waals surface area contributed by atoms with Crippen molar-refractivity contribution in [3.8, 4) is 5.75 Å². The molecule has 0 aliphatic heterocycles. The molecule has 0 bridgehead atoms. The zero-order valence-electron chi connectivity index (χ0n) is 37.9. The molecule has 4 amide bonds. The summed E-state index contributed by atoms with van der Waals surface area (Å²) in [5.74, 6) is -4.26. The average molecular weight is 900 g/mol. The number of aromatic hydroxyl groups is 1. The van der Waals surface area contributed by atoms with Gasteiger partial charge in [-0.15, -0.1) is 0 Å². The van der Waals surface area contributed by atoms with Crippen molar-refractivity contribution in [2.24, 2.45) is 23.0 Å². The molecule has 65 heavy (non-hydrogen) atoms. The number of phenols is 1. The van der Waals surface area contributed by atoms with Crippen molar-refractivity contribution in [2.75, 3.05) is 6.54 Å². The second kappa shape index (κ2) is 24.2. The van der Waals surface area contributed by atoms with E-state index in [2.05, 4.69) is 41.5 Å². The van der Waals surface area contributed by atoms with E-state index in [4.69, 9.17) is 5.73 Å². The highest BCUT2D eigenvalue weighted by molar-refractivity contribution is 5.97. The van der Waals surface area contributed by atoms with Crippen molar-refractivity contribution in [3.63, 3.8) is 0 Å². The van der Waals surface area contributed by atoms with E-state index >= 15 is 0 Å². The summed E-state index contributed by atoms with van der Waals surface area (Å²) in [5.41, 5.74) is 7.27. The van der Waals surface area contributed by atoms with Crippen LogP contribution in [-0.2, 0) is 52.8 Å². The number of imidazole rings is 1. The average Bonchev–Trinajstić information content (AvgIpc) is 3.94. The van der Waals surface area contributed by atoms with Crippen molar-refractivity contribution < 1.29 is 43.8 Å². The first-order valence-corrected chi connectivity index (χ1v) is 21.9. The summed E-state index contributed by atoms with van der Waals surface area (Å²) in [6.07, 6.45) is 5.89. The van der Waals surface area contributed by atoms with Crippen LogP contribution in [0.1, 0.15) is 77.6 Å². The lowest BCUT2D eigenvalue weighted by molar-refractivity contribution is -0.134. The molecule has 18 heteroatoms. The van der Waals surface area contributed by atoms with E-state index < -0.39 is 89.6 Å². The quantitative estimate of drug-likeness (QED) is 0.0383. The number of para-hydroxylation sites is 1. The smallest absolute Gasteiger partial charge is 0.243 e. The SMILES string of the molecule is CC(C)CC(C=O)C(NC(C)C(=O)NC(Cc1c[nH]c2ccccc12)C(=O)NC(C)CC(C)(C=O)CC(C)O)C(=O)C(Cc1ccc(O)cc1)NC(=O)C(Cc1cnc[nH]1)NC(=O)CN. The second-order valence-electron chi connectivity index (χ2n) is 17.8. The Morgan fingerprint density at radius 1 is 0.815 bits per heavy atom. The number of Topliss-reactive ketones (excluding diaryl/α,β-unsaturated/α-hetero) is 1. The molecule has 2 aromatic heterocycles. The predicted molar refractivity (Wildman–Crippen MR) is 244 cm³/mol. The number of fused-ring (bicyclic) bond motifs is 1. The van der Waals surface area contributed by atoms with Gasteiger partial charge in [0.2, 0.25) is 23.6 Å². The van der Waals surface area contributed by atoms with Crippen LogP contribution in [0.3, 0.4) is 0 Å². The van der Waals surface area contributed by atoms with E-state index in [0.717, 1.165) is 22.8 Å². The number of amides is 4. The van der Waals surface area contributed by atoms with Crippen molar-refractivity contribution in [3.05, 3.63) is 84.1 Å². The summed E-state index contributed by atoms with van der Waals surface area (Å²) in [6, 6.07) is 6.80. The van der Waals surface area contributed by atoms with Gasteiger partial charge in [-0.1, -0.05) is 51.1 Å². The summed E-state index contributed by atoms with van der Waals surface area (Å²) < 4.78 is 0. The lowest BCUT2D eigenvalue weighted by Crippen LogP contribution is -2.61. The molecule has 0 saturated heterocycles. The zero-order chi connectivity index (χ0) is 47.8. The van der Waals surface area contributed by atoms with Crippen molar-refractivity contribution >= 4 is 52.9 Å². The van der Waals surface area contributed by atoms with Crippen LogP contribution < -0.4 is 32.3 Å². The molecular weight excluding hydrogens is 835 g/mol. The van der Waals surface area contributed by atoms with Crippen LogP contribution in [0, 0.1) is 17.3 Å². The van der Waals surface area contributed by atoms with Crippen molar-refractivity contribution in [2.45, 2.75) is 122 Å². The Morgan fingerprint density at radius 3 is 2.09 bits per heavy atom. The van der Waals surface area contributed by atoms with Crippen molar-refractivity contribution in [1.29, 1.82) is 0 Å². The Bertz CT molecular complexity index is 2210. The first-order valence-electron chi connectivity index (χ1n) is 21.9. The molecule has 9 atom stereocenters. The monoisotopic (exact) mass is 899 g/mol. The Balaban J connectivity index is 1.66. The maximum absolute atomic E-state index is 15.0. The highest BCUT2D eigenvalue weighted by Gasteiger charge is 2.38. The minimum absolute atomic E-state index is 0.0226. The molecule has 0 radical (unpaired) electrons. The molecule has 0 fully saturated rings. The van der Waals surface area contributed by atoms with Gasteiger partial charge in [0.05, 0.1) is 37.1 Å². The Labute approximate surface area is 379 Å². The van der Waals surface area contributed by atoms with Gasteiger partial charge in [0.15, 0.2) is 5.78 Å². The number of aliphatic hydroxyl groups is 1. The van der Waals surface area contributed by atoms with E-state index in [1.165, 1.54) is 31.6 Å². The fraction of sp³-hybridized carbons (Fsp3) is 0.489. The van der Waals surface area contributed by atoms with Gasteiger partial charge in [-0.05, 0) is 81.7 Å². The number of nitrogens with one attached hydrogen (secondary N) is 7. The molecule has 2 heterocycles. The Kier molecular flexibility index (Phi) is 19.1. The third-order valence-corrected chi connectivity index (χ3v) is 11.3. The molecule has 0 saturated carbocycles. The number of phenolic OH excluding ortho intramolecular Hbond substituents is 1. The summed E-state index contributed by atoms with van der Waals surface area (Å²) in [6.45, 7) is 9.87. The summed E-state index contributed by atoms with van der Waals surface area (Å²) >= 11 is 0. The van der Waals surface area contributed by atoms with Crippen LogP contribution >= 0.6 is 0 Å². The number of H-pyrrole nitrogens is 2. The van der Waals surface area contributed by atoms with E-state index in [0.29, 0.717) is 17.5 Å². The summed E-state index contributed by atoms with van der Waals surface area (Å²) in [5, 5.41) is 35.1. The Hall–Kier alpha value is -6.24. The molecule has 11 N–H and O–H groups in total. The molecule has 0 aliphatic rings. The highest BCUT2D eigenvalue weighted by atomic mass is 16.3. The van der Waals surface area contributed by atoms with Gasteiger partial charge in [-0.2, -0.15) is 0 Å². The zero-order valence-corrected chi connectivity index (χ0v) is 37.9. The van der Waals surface area contributed by atoms with E-state index in [1.54, 1.807) is 39.1 Å².